The lowest BCUT2D eigenvalue weighted by Gasteiger charge is -2.42. The Labute approximate surface area is 111 Å². The molecule has 4 nitrogen and oxygen atoms in total. The van der Waals surface area contributed by atoms with E-state index in [-0.39, 0.29) is 29.5 Å². The Bertz CT molecular complexity index is 284. The second-order valence-electron chi connectivity index (χ2n) is 6.46. The molecule has 1 amide bonds. The predicted molar refractivity (Wildman–Crippen MR) is 73.2 cm³/mol. The standard InChI is InChI=1S/C14H28N2O2/c1-6-18-11-8-10(15)13(11)16-12(17)7-9(2)14(3,4)5/h9-11,13H,6-8,15H2,1-5H3,(H,16,17). The van der Waals surface area contributed by atoms with Crippen LogP contribution >= 0.6 is 0 Å². The first-order valence-corrected chi connectivity index (χ1v) is 6.92. The lowest BCUT2D eigenvalue weighted by Crippen LogP contribution is -2.64. The quantitative estimate of drug-likeness (QED) is 0.786. The van der Waals surface area contributed by atoms with E-state index in [1.54, 1.807) is 0 Å². The van der Waals surface area contributed by atoms with Crippen LogP contribution in [0.1, 0.15) is 47.5 Å². The number of rotatable bonds is 5. The van der Waals surface area contributed by atoms with Crippen molar-refractivity contribution in [1.82, 2.24) is 5.32 Å². The van der Waals surface area contributed by atoms with Crippen molar-refractivity contribution in [2.24, 2.45) is 17.1 Å². The van der Waals surface area contributed by atoms with Crippen molar-refractivity contribution < 1.29 is 9.53 Å². The lowest BCUT2D eigenvalue weighted by molar-refractivity contribution is -0.127. The van der Waals surface area contributed by atoms with Gasteiger partial charge in [-0.15, -0.1) is 0 Å². The van der Waals surface area contributed by atoms with Crippen molar-refractivity contribution in [1.29, 1.82) is 0 Å². The van der Waals surface area contributed by atoms with E-state index in [9.17, 15) is 4.79 Å². The molecule has 4 atom stereocenters. The van der Waals surface area contributed by atoms with Crippen molar-refractivity contribution in [2.45, 2.75) is 65.6 Å². The second kappa shape index (κ2) is 6.02. The van der Waals surface area contributed by atoms with E-state index in [4.69, 9.17) is 10.5 Å². The van der Waals surface area contributed by atoms with Crippen molar-refractivity contribution in [3.8, 4) is 0 Å². The maximum absolute atomic E-state index is 12.0. The molecule has 0 aromatic heterocycles. The summed E-state index contributed by atoms with van der Waals surface area (Å²) < 4.78 is 5.54. The van der Waals surface area contributed by atoms with E-state index >= 15 is 0 Å². The Kier molecular flexibility index (Phi) is 5.17. The van der Waals surface area contributed by atoms with Gasteiger partial charge in [0.15, 0.2) is 0 Å². The number of hydrogen-bond donors (Lipinski definition) is 2. The number of carbonyl (C=O) groups is 1. The highest BCUT2D eigenvalue weighted by Crippen LogP contribution is 2.28. The number of hydrogen-bond acceptors (Lipinski definition) is 3. The molecule has 106 valence electrons. The van der Waals surface area contributed by atoms with Crippen LogP contribution in [0.15, 0.2) is 0 Å². The fourth-order valence-corrected chi connectivity index (χ4v) is 2.06. The molecule has 0 spiro atoms. The Balaban J connectivity index is 2.40. The van der Waals surface area contributed by atoms with E-state index in [0.29, 0.717) is 18.9 Å². The smallest absolute Gasteiger partial charge is 0.220 e. The molecular weight excluding hydrogens is 228 g/mol. The van der Waals surface area contributed by atoms with Gasteiger partial charge in [-0.25, -0.2) is 0 Å². The average Bonchev–Trinajstić information content (AvgIpc) is 2.24. The summed E-state index contributed by atoms with van der Waals surface area (Å²) in [6.45, 7) is 11.2. The van der Waals surface area contributed by atoms with Crippen LogP contribution in [-0.2, 0) is 9.53 Å². The van der Waals surface area contributed by atoms with Crippen LogP contribution in [0.3, 0.4) is 0 Å². The van der Waals surface area contributed by atoms with Gasteiger partial charge in [0.2, 0.25) is 5.91 Å². The highest BCUT2D eigenvalue weighted by molar-refractivity contribution is 5.76. The van der Waals surface area contributed by atoms with Crippen molar-refractivity contribution >= 4 is 5.91 Å². The molecule has 0 radical (unpaired) electrons. The van der Waals surface area contributed by atoms with E-state index in [1.807, 2.05) is 6.92 Å². The molecule has 0 heterocycles. The highest BCUT2D eigenvalue weighted by Gasteiger charge is 2.40. The van der Waals surface area contributed by atoms with E-state index in [0.717, 1.165) is 6.42 Å². The largest absolute Gasteiger partial charge is 0.376 e. The van der Waals surface area contributed by atoms with Gasteiger partial charge in [-0.1, -0.05) is 27.7 Å². The molecule has 0 saturated heterocycles. The molecule has 0 aromatic carbocycles. The number of nitrogens with two attached hydrogens (primary N) is 1. The monoisotopic (exact) mass is 256 g/mol. The van der Waals surface area contributed by atoms with Crippen LogP contribution in [0.5, 0.6) is 0 Å². The number of ether oxygens (including phenoxy) is 1. The van der Waals surface area contributed by atoms with E-state index in [1.165, 1.54) is 0 Å². The van der Waals surface area contributed by atoms with Gasteiger partial charge < -0.3 is 15.8 Å². The summed E-state index contributed by atoms with van der Waals surface area (Å²) in [4.78, 5) is 12.0. The molecule has 1 rings (SSSR count). The number of nitrogens with one attached hydrogen (secondary N) is 1. The fourth-order valence-electron chi connectivity index (χ4n) is 2.06. The minimum absolute atomic E-state index is 0.00961. The third-order valence-corrected chi connectivity index (χ3v) is 4.04. The second-order valence-corrected chi connectivity index (χ2v) is 6.46. The molecule has 0 aromatic rings. The van der Waals surface area contributed by atoms with Gasteiger partial charge in [0.25, 0.3) is 0 Å². The molecule has 1 aliphatic rings. The summed E-state index contributed by atoms with van der Waals surface area (Å²) in [6, 6.07) is 0.0278. The Morgan fingerprint density at radius 1 is 1.50 bits per heavy atom. The third-order valence-electron chi connectivity index (χ3n) is 4.04. The van der Waals surface area contributed by atoms with Gasteiger partial charge >= 0.3 is 0 Å². The zero-order valence-corrected chi connectivity index (χ0v) is 12.3. The number of carbonyl (C=O) groups excluding carboxylic acids is 1. The Morgan fingerprint density at radius 3 is 2.56 bits per heavy atom. The molecule has 1 saturated carbocycles. The van der Waals surface area contributed by atoms with Gasteiger partial charge in [0.05, 0.1) is 12.1 Å². The molecule has 0 bridgehead atoms. The van der Waals surface area contributed by atoms with Crippen LogP contribution in [0.4, 0.5) is 0 Å². The fraction of sp³-hybridized carbons (Fsp3) is 0.929. The SMILES string of the molecule is CCOC1CC(N)C1NC(=O)CC(C)C(C)(C)C. The van der Waals surface area contributed by atoms with Crippen molar-refractivity contribution in [3.63, 3.8) is 0 Å². The van der Waals surface area contributed by atoms with Crippen LogP contribution in [-0.4, -0.2) is 30.7 Å². The normalized spacial score (nSPS) is 29.6. The topological polar surface area (TPSA) is 64.3 Å². The lowest BCUT2D eigenvalue weighted by atomic mass is 9.79. The number of amides is 1. The summed E-state index contributed by atoms with van der Waals surface area (Å²) in [7, 11) is 0. The Morgan fingerprint density at radius 2 is 2.11 bits per heavy atom. The Hall–Kier alpha value is -0.610. The van der Waals surface area contributed by atoms with Crippen LogP contribution in [0, 0.1) is 11.3 Å². The van der Waals surface area contributed by atoms with Gasteiger partial charge in [-0.3, -0.25) is 4.79 Å². The van der Waals surface area contributed by atoms with Crippen molar-refractivity contribution in [2.75, 3.05) is 6.61 Å². The van der Waals surface area contributed by atoms with Gasteiger partial charge in [-0.05, 0) is 24.7 Å². The maximum Gasteiger partial charge on any atom is 0.220 e. The molecule has 4 unspecified atom stereocenters. The molecule has 4 heteroatoms. The van der Waals surface area contributed by atoms with Crippen molar-refractivity contribution in [3.05, 3.63) is 0 Å². The molecule has 3 N–H and O–H groups in total. The maximum atomic E-state index is 12.0. The van der Waals surface area contributed by atoms with E-state index in [2.05, 4.69) is 33.0 Å². The molecule has 0 aliphatic heterocycles. The summed E-state index contributed by atoms with van der Waals surface area (Å²) in [5, 5.41) is 3.02. The molecule has 1 fully saturated rings. The first-order chi connectivity index (χ1) is 8.25. The summed E-state index contributed by atoms with van der Waals surface area (Å²) in [6.07, 6.45) is 1.48. The predicted octanol–water partition coefficient (Wildman–Crippen LogP) is 1.68. The summed E-state index contributed by atoms with van der Waals surface area (Å²) in [5.74, 6) is 0.432. The first-order valence-electron chi connectivity index (χ1n) is 6.92. The average molecular weight is 256 g/mol. The molecule has 1 aliphatic carbocycles. The third kappa shape index (κ3) is 3.95. The van der Waals surface area contributed by atoms with Crippen LogP contribution < -0.4 is 11.1 Å². The van der Waals surface area contributed by atoms with Crippen LogP contribution in [0.2, 0.25) is 0 Å². The first kappa shape index (κ1) is 15.4. The zero-order valence-electron chi connectivity index (χ0n) is 12.3. The summed E-state index contributed by atoms with van der Waals surface area (Å²) >= 11 is 0. The molecule has 18 heavy (non-hydrogen) atoms. The minimum atomic E-state index is -0.00961. The summed E-state index contributed by atoms with van der Waals surface area (Å²) in [5.41, 5.74) is 6.06. The zero-order chi connectivity index (χ0) is 13.9. The van der Waals surface area contributed by atoms with E-state index < -0.39 is 0 Å². The molecular formula is C14H28N2O2. The minimum Gasteiger partial charge on any atom is -0.376 e. The highest BCUT2D eigenvalue weighted by atomic mass is 16.5. The van der Waals surface area contributed by atoms with Gasteiger partial charge in [0.1, 0.15) is 0 Å². The van der Waals surface area contributed by atoms with Gasteiger partial charge in [0, 0.05) is 19.1 Å². The van der Waals surface area contributed by atoms with Crippen LogP contribution in [0.25, 0.3) is 0 Å². The van der Waals surface area contributed by atoms with Gasteiger partial charge in [-0.2, -0.15) is 0 Å².